The molecule has 0 spiro atoms. The lowest BCUT2D eigenvalue weighted by Gasteiger charge is -2.34. The maximum Gasteiger partial charge on any atom is 0.223 e. The van der Waals surface area contributed by atoms with Crippen molar-refractivity contribution in [3.05, 3.63) is 24.8 Å². The number of rotatable bonds is 9. The van der Waals surface area contributed by atoms with Crippen LogP contribution in [-0.4, -0.2) is 39.7 Å². The van der Waals surface area contributed by atoms with Crippen LogP contribution in [0.15, 0.2) is 24.8 Å². The summed E-state index contributed by atoms with van der Waals surface area (Å²) in [7, 11) is 0. The van der Waals surface area contributed by atoms with E-state index >= 15 is 0 Å². The minimum absolute atomic E-state index is 0.108. The van der Waals surface area contributed by atoms with Gasteiger partial charge in [0.15, 0.2) is 0 Å². The van der Waals surface area contributed by atoms with Crippen LogP contribution < -0.4 is 10.6 Å². The number of amides is 2. The normalized spacial score (nSPS) is 25.4. The van der Waals surface area contributed by atoms with Crippen LogP contribution in [0.1, 0.15) is 57.9 Å². The first-order valence-corrected chi connectivity index (χ1v) is 10.2. The molecule has 0 radical (unpaired) electrons. The summed E-state index contributed by atoms with van der Waals surface area (Å²) in [6.07, 6.45) is 14.1. The van der Waals surface area contributed by atoms with E-state index in [0.717, 1.165) is 51.5 Å². The van der Waals surface area contributed by atoms with Gasteiger partial charge in [-0.1, -0.05) is 19.1 Å². The Labute approximate surface area is 161 Å². The van der Waals surface area contributed by atoms with E-state index in [0.29, 0.717) is 18.5 Å². The van der Waals surface area contributed by atoms with E-state index < -0.39 is 0 Å². The number of allylic oxidation sites excluding steroid dienone is 2. The third-order valence-corrected chi connectivity index (χ3v) is 5.85. The van der Waals surface area contributed by atoms with Crippen molar-refractivity contribution in [3.8, 4) is 0 Å². The summed E-state index contributed by atoms with van der Waals surface area (Å²) in [5.41, 5.74) is 0. The topological polar surface area (TPSA) is 88.9 Å². The van der Waals surface area contributed by atoms with Gasteiger partial charge >= 0.3 is 0 Å². The van der Waals surface area contributed by atoms with Crippen LogP contribution in [-0.2, 0) is 9.59 Å². The Morgan fingerprint density at radius 3 is 2.26 bits per heavy atom. The third kappa shape index (κ3) is 5.65. The lowest BCUT2D eigenvalue weighted by molar-refractivity contribution is -0.128. The number of aromatic nitrogens is 3. The van der Waals surface area contributed by atoms with Crippen molar-refractivity contribution in [2.75, 3.05) is 13.1 Å². The molecule has 7 heteroatoms. The molecule has 148 valence electrons. The first-order valence-electron chi connectivity index (χ1n) is 10.2. The van der Waals surface area contributed by atoms with Gasteiger partial charge in [-0.2, -0.15) is 0 Å². The van der Waals surface area contributed by atoms with E-state index in [4.69, 9.17) is 0 Å². The number of hydrogen-bond donors (Lipinski definition) is 2. The summed E-state index contributed by atoms with van der Waals surface area (Å²) in [4.78, 5) is 24.3. The fraction of sp³-hybridized carbons (Fsp3) is 0.700. The second kappa shape index (κ2) is 9.67. The number of carbonyl (C=O) groups is 2. The number of carbonyl (C=O) groups excluding carboxylic acids is 2. The van der Waals surface area contributed by atoms with Crippen LogP contribution in [0.3, 0.4) is 0 Å². The Bertz CT molecular complexity index is 637. The van der Waals surface area contributed by atoms with E-state index in [2.05, 4.69) is 39.9 Å². The van der Waals surface area contributed by atoms with Crippen molar-refractivity contribution in [1.82, 2.24) is 25.4 Å². The van der Waals surface area contributed by atoms with Crippen molar-refractivity contribution in [3.63, 3.8) is 0 Å². The lowest BCUT2D eigenvalue weighted by Crippen LogP contribution is -2.40. The van der Waals surface area contributed by atoms with E-state index in [1.165, 1.54) is 0 Å². The zero-order valence-electron chi connectivity index (χ0n) is 16.1. The van der Waals surface area contributed by atoms with Gasteiger partial charge in [-0.3, -0.25) is 9.59 Å². The van der Waals surface area contributed by atoms with Crippen molar-refractivity contribution < 1.29 is 9.59 Å². The van der Waals surface area contributed by atoms with Crippen molar-refractivity contribution >= 4 is 11.8 Å². The van der Waals surface area contributed by atoms with Crippen molar-refractivity contribution in [1.29, 1.82) is 0 Å². The second-order valence-electron chi connectivity index (χ2n) is 7.98. The summed E-state index contributed by atoms with van der Waals surface area (Å²) in [6, 6.07) is 0.359. The smallest absolute Gasteiger partial charge is 0.223 e. The van der Waals surface area contributed by atoms with Gasteiger partial charge in [0.25, 0.3) is 0 Å². The van der Waals surface area contributed by atoms with E-state index in [1.807, 2.05) is 4.57 Å². The molecule has 0 unspecified atom stereocenters. The van der Waals surface area contributed by atoms with Gasteiger partial charge in [0, 0.05) is 31.0 Å². The molecule has 2 amide bonds. The highest BCUT2D eigenvalue weighted by molar-refractivity contribution is 5.79. The Kier molecular flexibility index (Phi) is 7.01. The van der Waals surface area contributed by atoms with Gasteiger partial charge in [-0.05, 0) is 50.9 Å². The molecule has 2 N–H and O–H groups in total. The largest absolute Gasteiger partial charge is 0.356 e. The van der Waals surface area contributed by atoms with Crippen LogP contribution >= 0.6 is 0 Å². The monoisotopic (exact) mass is 373 g/mol. The summed E-state index contributed by atoms with van der Waals surface area (Å²) in [5, 5.41) is 13.7. The number of nitrogens with one attached hydrogen (secondary N) is 2. The van der Waals surface area contributed by atoms with Crippen molar-refractivity contribution in [2.45, 2.75) is 57.9 Å². The Balaban J connectivity index is 1.22. The maximum absolute atomic E-state index is 12.2. The van der Waals surface area contributed by atoms with E-state index in [9.17, 15) is 9.59 Å². The quantitative estimate of drug-likeness (QED) is 0.650. The van der Waals surface area contributed by atoms with Gasteiger partial charge in [-0.25, -0.2) is 0 Å². The average Bonchev–Trinajstić information content (AvgIpc) is 3.15. The molecule has 0 aliphatic heterocycles. The number of nitrogens with zero attached hydrogens (tertiary/aromatic N) is 3. The zero-order valence-corrected chi connectivity index (χ0v) is 16.1. The fourth-order valence-corrected chi connectivity index (χ4v) is 3.79. The summed E-state index contributed by atoms with van der Waals surface area (Å²) >= 11 is 0. The highest BCUT2D eigenvalue weighted by Crippen LogP contribution is 2.37. The molecule has 2 aliphatic carbocycles. The molecule has 27 heavy (non-hydrogen) atoms. The van der Waals surface area contributed by atoms with Crippen LogP contribution in [0.2, 0.25) is 0 Å². The van der Waals surface area contributed by atoms with Gasteiger partial charge in [-0.15, -0.1) is 10.2 Å². The molecule has 2 aliphatic rings. The molecule has 7 nitrogen and oxygen atoms in total. The molecule has 1 saturated carbocycles. The van der Waals surface area contributed by atoms with E-state index in [-0.39, 0.29) is 23.7 Å². The molecule has 0 saturated heterocycles. The minimum atomic E-state index is 0.108. The molecule has 3 rings (SSSR count). The molecule has 1 fully saturated rings. The molecular weight excluding hydrogens is 342 g/mol. The van der Waals surface area contributed by atoms with Gasteiger partial charge in [0.05, 0.1) is 0 Å². The standard InChI is InChI=1S/C20H31N5O2/c1-15(7-9-21-19(26)16-5-3-2-4-6-16)8-10-22-20(27)17-11-18(12-17)25-13-23-24-14-25/h2-3,13-18H,4-12H2,1H3,(H,21,26)(H,22,27)/t15-,16+,17?,18?/m1/s1. The predicted octanol–water partition coefficient (Wildman–Crippen LogP) is 2.23. The highest BCUT2D eigenvalue weighted by Gasteiger charge is 2.35. The van der Waals surface area contributed by atoms with Gasteiger partial charge < -0.3 is 15.2 Å². The molecule has 1 aromatic heterocycles. The number of hydrogen-bond acceptors (Lipinski definition) is 4. The van der Waals surface area contributed by atoms with Crippen LogP contribution in [0.25, 0.3) is 0 Å². The minimum Gasteiger partial charge on any atom is -0.356 e. The summed E-state index contributed by atoms with van der Waals surface area (Å²) in [6.45, 7) is 3.60. The fourth-order valence-electron chi connectivity index (χ4n) is 3.79. The molecule has 2 atom stereocenters. The first-order chi connectivity index (χ1) is 13.1. The first kappa shape index (κ1) is 19.6. The SMILES string of the molecule is C[C@@H](CCNC(=O)C1CC(n2cnnc2)C1)CCNC(=O)[C@H]1CC=CCC1. The second-order valence-corrected chi connectivity index (χ2v) is 7.98. The highest BCUT2D eigenvalue weighted by atomic mass is 16.2. The molecule has 1 heterocycles. The zero-order chi connectivity index (χ0) is 19.1. The summed E-state index contributed by atoms with van der Waals surface area (Å²) < 4.78 is 1.98. The van der Waals surface area contributed by atoms with Crippen molar-refractivity contribution in [2.24, 2.45) is 17.8 Å². The molecule has 0 bridgehead atoms. The summed E-state index contributed by atoms with van der Waals surface area (Å²) in [5.74, 6) is 1.08. The van der Waals surface area contributed by atoms with Crippen LogP contribution in [0.4, 0.5) is 0 Å². The van der Waals surface area contributed by atoms with Gasteiger partial charge in [0.2, 0.25) is 11.8 Å². The molecule has 1 aromatic rings. The maximum atomic E-state index is 12.2. The van der Waals surface area contributed by atoms with Crippen LogP contribution in [0, 0.1) is 17.8 Å². The molecular formula is C20H31N5O2. The van der Waals surface area contributed by atoms with Crippen LogP contribution in [0.5, 0.6) is 0 Å². The van der Waals surface area contributed by atoms with Gasteiger partial charge in [0.1, 0.15) is 12.7 Å². The van der Waals surface area contributed by atoms with E-state index in [1.54, 1.807) is 12.7 Å². The Morgan fingerprint density at radius 1 is 1.04 bits per heavy atom. The predicted molar refractivity (Wildman–Crippen MR) is 103 cm³/mol. The molecule has 0 aromatic carbocycles. The average molecular weight is 374 g/mol. The third-order valence-electron chi connectivity index (χ3n) is 5.85. The Hall–Kier alpha value is -2.18. The Morgan fingerprint density at radius 2 is 1.67 bits per heavy atom. The lowest BCUT2D eigenvalue weighted by atomic mass is 9.79.